The number of hydrogen-bond acceptors (Lipinski definition) is 31. The summed E-state index contributed by atoms with van der Waals surface area (Å²) in [6.07, 6.45) is 5.98. The monoisotopic (exact) mass is 2170 g/mol. The van der Waals surface area contributed by atoms with Gasteiger partial charge in [0, 0.05) is 110 Å². The fourth-order valence-corrected chi connectivity index (χ4v) is 26.5. The molecule has 32 nitrogen and oxygen atoms in total. The van der Waals surface area contributed by atoms with Crippen LogP contribution in [0.15, 0.2) is 98.4 Å². The molecular weight excluding hydrogens is 2040 g/mol. The number of halogens is 5. The second kappa shape index (κ2) is 47.5. The first-order valence-electron chi connectivity index (χ1n) is 46.4. The Hall–Kier alpha value is -5.96. The lowest BCUT2D eigenvalue weighted by Crippen LogP contribution is -2.40. The van der Waals surface area contributed by atoms with Gasteiger partial charge in [-0.1, -0.05) is 141 Å². The van der Waals surface area contributed by atoms with E-state index in [1.165, 1.54) is 24.3 Å². The number of sulfone groups is 4. The predicted molar refractivity (Wildman–Crippen MR) is 544 cm³/mol. The smallest absolute Gasteiger partial charge is 0.412 e. The van der Waals surface area contributed by atoms with Crippen LogP contribution in [-0.2, 0) is 113 Å². The summed E-state index contributed by atoms with van der Waals surface area (Å²) < 4.78 is 188. The molecule has 5 aromatic carbocycles. The summed E-state index contributed by atoms with van der Waals surface area (Å²) >= 11 is 32.9. The van der Waals surface area contributed by atoms with Crippen molar-refractivity contribution in [2.75, 3.05) is 134 Å². The molecule has 0 spiro atoms. The van der Waals surface area contributed by atoms with Crippen LogP contribution < -0.4 is 10.6 Å². The van der Waals surface area contributed by atoms with Crippen molar-refractivity contribution in [2.45, 2.75) is 251 Å². The summed E-state index contributed by atoms with van der Waals surface area (Å²) in [4.78, 5) is 38.0. The fourth-order valence-electron chi connectivity index (χ4n) is 15.4. The number of aliphatic hydroxyl groups is 1. The Morgan fingerprint density at radius 3 is 1.10 bits per heavy atom. The zero-order chi connectivity index (χ0) is 104. The minimum absolute atomic E-state index is 0.00340. The minimum Gasteiger partial charge on any atom is -0.504 e. The number of benzene rings is 5. The molecule has 5 N–H and O–H groups in total. The summed E-state index contributed by atoms with van der Waals surface area (Å²) in [5.74, 6) is 2.01. The molecule has 7 saturated heterocycles. The maximum absolute atomic E-state index is 13.5. The molecule has 784 valence electrons. The first-order chi connectivity index (χ1) is 64.7. The maximum atomic E-state index is 13.5. The number of ether oxygens (including phenoxy) is 8. The van der Waals surface area contributed by atoms with Gasteiger partial charge in [0.1, 0.15) is 41.7 Å². The number of aromatic hydroxyl groups is 2. The van der Waals surface area contributed by atoms with Crippen LogP contribution in [0.2, 0.25) is 25.1 Å². The summed E-state index contributed by atoms with van der Waals surface area (Å²) in [5, 5.41) is 35.5. The molecule has 7 aliphatic heterocycles. The third kappa shape index (κ3) is 29.8. The van der Waals surface area contributed by atoms with Crippen molar-refractivity contribution >= 4 is 176 Å². The summed E-state index contributed by atoms with van der Waals surface area (Å²) in [6.45, 7) is 47.1. The number of carbonyl (C=O) groups excluding carboxylic acids is 2. The molecule has 10 heterocycles. The SMILES string of the molecule is CC(C)(C)C(=O)Nc1ccc(Cl)c(S(=O)(=O)C(C)(C)C2CCOC2)c1O.CC(C)(C)OC(=O)Nc1ccc(Cl)c(S(=O)(=O)C(C)(C)C2CCOC2)c1O.CC(C)(C)c1nc2ccc(Cl)c(S(=O)(=O)C(C)(C)C3CCOC3)c2o1.CC(C)(C)c1nc2ccc(Cl)c(S(=O)(=O)CC3CCOC3)c2o1.CC(C)(C)c1nc2ccc(Cl)c(SCC3CCOC3)c2o1.CS(=O)(=O)OCC1CCOC1.OCC1CCOC1. The van der Waals surface area contributed by atoms with Crippen molar-refractivity contribution < 1.29 is 122 Å². The number of hydrogen-bond donors (Lipinski definition) is 5. The van der Waals surface area contributed by atoms with E-state index in [9.17, 15) is 61.9 Å². The molecule has 140 heavy (non-hydrogen) atoms. The minimum atomic E-state index is -4.03. The Morgan fingerprint density at radius 2 is 0.743 bits per heavy atom. The molecule has 43 heteroatoms. The predicted octanol–water partition coefficient (Wildman–Crippen LogP) is 20.5. The van der Waals surface area contributed by atoms with Crippen LogP contribution in [0.4, 0.5) is 16.2 Å². The van der Waals surface area contributed by atoms with Gasteiger partial charge in [-0.3, -0.25) is 14.3 Å². The first kappa shape index (κ1) is 118. The largest absolute Gasteiger partial charge is 0.504 e. The molecule has 3 aromatic heterocycles. The number of amides is 2. The van der Waals surface area contributed by atoms with Crippen molar-refractivity contribution in [2.24, 2.45) is 46.8 Å². The van der Waals surface area contributed by atoms with Gasteiger partial charge in [0.15, 0.2) is 67.6 Å². The molecule has 2 amide bonds. The van der Waals surface area contributed by atoms with E-state index in [2.05, 4.69) is 50.5 Å². The van der Waals surface area contributed by atoms with Crippen molar-refractivity contribution in [1.82, 2.24) is 15.0 Å². The highest BCUT2D eigenvalue weighted by atomic mass is 35.5. The number of fused-ring (bicyclic) bond motifs is 3. The van der Waals surface area contributed by atoms with Crippen LogP contribution in [0, 0.1) is 46.8 Å². The molecular formula is C97H138Cl5N5O27S6. The molecule has 8 aromatic rings. The third-order valence-corrected chi connectivity index (χ3v) is 38.7. The Morgan fingerprint density at radius 1 is 0.414 bits per heavy atom. The lowest BCUT2D eigenvalue weighted by atomic mass is 9.94. The number of aliphatic hydroxyl groups excluding tert-OH is 1. The van der Waals surface area contributed by atoms with Crippen LogP contribution in [0.1, 0.15) is 208 Å². The van der Waals surface area contributed by atoms with Gasteiger partial charge in [-0.15, -0.1) is 11.8 Å². The number of rotatable bonds is 21. The zero-order valence-corrected chi connectivity index (χ0v) is 92.5. The average molecular weight is 2180 g/mol. The Labute approximate surface area is 853 Å². The lowest BCUT2D eigenvalue weighted by molar-refractivity contribution is -0.123. The van der Waals surface area contributed by atoms with Gasteiger partial charge in [0.2, 0.25) is 23.6 Å². The van der Waals surface area contributed by atoms with Crippen LogP contribution in [0.5, 0.6) is 11.5 Å². The maximum Gasteiger partial charge on any atom is 0.412 e. The number of aromatic nitrogens is 3. The standard InChI is InChI=1S/C18H26ClNO6S.C18H26ClNO5S.C18H24ClNO4S.C16H20ClNO4S.C16H20ClNO2S.C6H12O4S.C5H10O2/c1-17(2,3)26-16(22)20-13-7-6-12(19)15(14(13)21)27(23,24)18(4,5)11-8-9-25-10-11;1-17(2,3)16(22)20-13-7-6-12(19)15(14(13)21)26(23,24)18(4,5)11-8-9-25-10-11;1-17(2,3)16-20-13-7-6-12(19)15(14(13)24-16)25(21,22)18(4,5)11-8-9-23-10-11;1-16(2,3)15-18-12-5-4-11(17)14(13(12)22-15)23(19,20)9-10-6-7-21-8-10;1-16(2,3)15-18-12-5-4-11(17)14(13(12)20-15)21-9-10-6-7-19-8-10;1-11(7,8)10-5-6-2-3-9-4-6;6-3-5-1-2-7-4-5/h6-7,11,21H,8-10H2,1-5H3,(H,20,22);6-7,11,21H,8-10H2,1-5H3,(H,20,22);6-7,11H,8-10H2,1-5H3;4-5,10H,6-9H2,1-3H3;4-5,10H,6-9H2,1-3H3;6H,2-5H2,1H3;5-6H,1-4H2. The molecule has 7 aliphatic rings. The zero-order valence-electron chi connectivity index (χ0n) is 83.8. The van der Waals surface area contributed by atoms with Crippen molar-refractivity contribution in [3.05, 3.63) is 103 Å². The lowest BCUT2D eigenvalue weighted by Gasteiger charge is -2.31. The van der Waals surface area contributed by atoms with Crippen molar-refractivity contribution in [3.63, 3.8) is 0 Å². The van der Waals surface area contributed by atoms with E-state index in [0.717, 1.165) is 97.6 Å². The van der Waals surface area contributed by atoms with Gasteiger partial charge in [-0.05, 0) is 180 Å². The number of phenolic OH excluding ortho intramolecular Hbond substituents is 2. The molecule has 7 fully saturated rings. The van der Waals surface area contributed by atoms with E-state index < -0.39 is 97.2 Å². The Balaban J connectivity index is 0.000000187. The highest BCUT2D eigenvalue weighted by Crippen LogP contribution is 2.50. The topological polar surface area (TPSA) is 451 Å². The van der Waals surface area contributed by atoms with Crippen LogP contribution in [0.25, 0.3) is 33.3 Å². The summed E-state index contributed by atoms with van der Waals surface area (Å²) in [5.41, 5.74) is 0.942. The molecule has 0 aliphatic carbocycles. The molecule has 0 bridgehead atoms. The second-order valence-electron chi connectivity index (χ2n) is 42.5. The summed E-state index contributed by atoms with van der Waals surface area (Å²) in [7, 11) is -18.6. The fraction of sp³-hybridized carbons (Fsp3) is 0.639. The molecule has 0 radical (unpaired) electrons. The molecule has 15 rings (SSSR count). The van der Waals surface area contributed by atoms with Crippen LogP contribution in [-0.4, -0.2) is 228 Å². The van der Waals surface area contributed by atoms with Crippen LogP contribution >= 0.6 is 69.8 Å². The van der Waals surface area contributed by atoms with Gasteiger partial charge in [-0.2, -0.15) is 8.42 Å². The quantitative estimate of drug-likeness (QED) is 0.0253. The number of nitrogens with zero attached hydrogens (tertiary/aromatic N) is 3. The van der Waals surface area contributed by atoms with Gasteiger partial charge in [-0.25, -0.2) is 53.4 Å². The first-order valence-corrected chi connectivity index (χ1v) is 57.2. The normalized spacial score (nSPS) is 20.3. The second-order valence-corrected chi connectivity index (χ2v) is 56.6. The molecule has 0 saturated carbocycles. The van der Waals surface area contributed by atoms with Gasteiger partial charge >= 0.3 is 6.09 Å². The number of nitrogens with one attached hydrogen (secondary N) is 2. The highest BCUT2D eigenvalue weighted by molar-refractivity contribution is 7.99. The number of thioether (sulfide) groups is 1. The van der Waals surface area contributed by atoms with E-state index in [0.29, 0.717) is 120 Å². The van der Waals surface area contributed by atoms with E-state index in [-0.39, 0.29) is 121 Å². The van der Waals surface area contributed by atoms with Gasteiger partial charge < -0.3 is 71.8 Å². The number of oxazole rings is 3. The Bertz CT molecular complexity index is 6210. The molecule has 7 unspecified atom stereocenters. The van der Waals surface area contributed by atoms with E-state index in [1.54, 1.807) is 119 Å². The Kier molecular flexibility index (Phi) is 39.9. The van der Waals surface area contributed by atoms with Crippen molar-refractivity contribution in [1.29, 1.82) is 0 Å². The van der Waals surface area contributed by atoms with E-state index >= 15 is 0 Å². The van der Waals surface area contributed by atoms with Gasteiger partial charge in [0.05, 0.1) is 120 Å². The number of carbonyl (C=O) groups is 2. The third-order valence-electron chi connectivity index (χ3n) is 24.8. The number of anilines is 2. The van der Waals surface area contributed by atoms with Gasteiger partial charge in [0.25, 0.3) is 10.1 Å². The number of phenols is 2. The highest BCUT2D eigenvalue weighted by Gasteiger charge is 2.51. The van der Waals surface area contributed by atoms with Crippen molar-refractivity contribution in [3.8, 4) is 11.5 Å². The molecule has 7 atom stereocenters. The van der Waals surface area contributed by atoms with E-state index in [1.807, 2.05) is 53.7 Å². The average Bonchev–Trinajstić information content (AvgIpc) is 1.54. The summed E-state index contributed by atoms with van der Waals surface area (Å²) in [6, 6.07) is 15.8. The van der Waals surface area contributed by atoms with Crippen LogP contribution in [0.3, 0.4) is 0 Å². The van der Waals surface area contributed by atoms with E-state index in [4.69, 9.17) is 114 Å².